The van der Waals surface area contributed by atoms with Crippen molar-refractivity contribution < 1.29 is 25.8 Å². The first-order valence-electron chi connectivity index (χ1n) is 21.0. The van der Waals surface area contributed by atoms with Crippen molar-refractivity contribution in [3.05, 3.63) is 193 Å². The van der Waals surface area contributed by atoms with Crippen LogP contribution in [-0.2, 0) is 37.3 Å². The van der Waals surface area contributed by atoms with Gasteiger partial charge in [-0.3, -0.25) is 0 Å². The molecule has 0 fully saturated rings. The van der Waals surface area contributed by atoms with Gasteiger partial charge in [-0.2, -0.15) is 6.07 Å². The van der Waals surface area contributed by atoms with Gasteiger partial charge in [0.15, 0.2) is 0 Å². The number of aromatic nitrogens is 2. The van der Waals surface area contributed by atoms with E-state index in [-0.39, 0.29) is 44.7 Å². The molecule has 0 amide bonds. The first-order chi connectivity index (χ1) is 28.6. The molecule has 0 saturated carbocycles. The van der Waals surface area contributed by atoms with Crippen molar-refractivity contribution in [3.63, 3.8) is 0 Å². The monoisotopic (exact) mass is 995 g/mol. The van der Waals surface area contributed by atoms with E-state index in [1.807, 2.05) is 12.3 Å². The summed E-state index contributed by atoms with van der Waals surface area (Å²) in [5.74, 6) is 2.11. The Morgan fingerprint density at radius 3 is 1.87 bits per heavy atom. The topological polar surface area (TPSA) is 33.5 Å². The number of fused-ring (bicyclic) bond motifs is 4. The number of benzene rings is 6. The molecule has 0 spiro atoms. The first-order valence-corrected chi connectivity index (χ1v) is 21.0. The number of anilines is 4. The molecule has 0 bridgehead atoms. The quantitative estimate of drug-likeness (QED) is 0.149. The van der Waals surface area contributed by atoms with Crippen LogP contribution >= 0.6 is 0 Å². The summed E-state index contributed by atoms with van der Waals surface area (Å²) >= 11 is 0. The van der Waals surface area contributed by atoms with Gasteiger partial charge in [-0.25, -0.2) is 4.98 Å². The van der Waals surface area contributed by atoms with E-state index >= 15 is 0 Å². The average Bonchev–Trinajstić information content (AvgIpc) is 3.76. The van der Waals surface area contributed by atoms with Gasteiger partial charge in [0.05, 0.1) is 0 Å². The molecule has 3 heterocycles. The minimum atomic E-state index is -0.154. The van der Waals surface area contributed by atoms with Crippen LogP contribution in [0.3, 0.4) is 0 Å². The summed E-state index contributed by atoms with van der Waals surface area (Å²) in [6.45, 7) is 24.6. The zero-order chi connectivity index (χ0) is 42.1. The van der Waals surface area contributed by atoms with Crippen LogP contribution in [0.4, 0.5) is 22.7 Å². The molecular formula is C56H56N4OPt. The van der Waals surface area contributed by atoms with E-state index in [9.17, 15) is 0 Å². The maximum atomic E-state index is 6.81. The van der Waals surface area contributed by atoms with Crippen LogP contribution in [0, 0.1) is 40.1 Å². The molecule has 0 atom stereocenters. The SMILES string of the molecule is Cc1cc2c(cc1C)N(c1ccc(C(C)(C)c3ccccc3)cc1)[CH-]N2c1[c-]c(Oc2[c-]c3c(cc2)c2ccccc2n3-c2cc(C(C)(C)C)ccn2)cc(C(C)(C)C)c1.[CH3-].[Pt+4]. The van der Waals surface area contributed by atoms with E-state index in [2.05, 4.69) is 224 Å². The smallest absolute Gasteiger partial charge is 0.509 e. The Morgan fingerprint density at radius 1 is 0.565 bits per heavy atom. The van der Waals surface area contributed by atoms with Gasteiger partial charge in [0.25, 0.3) is 0 Å². The van der Waals surface area contributed by atoms with Crippen molar-refractivity contribution >= 4 is 44.6 Å². The molecule has 6 aromatic carbocycles. The molecule has 0 radical (unpaired) electrons. The summed E-state index contributed by atoms with van der Waals surface area (Å²) in [4.78, 5) is 9.42. The van der Waals surface area contributed by atoms with E-state index in [0.717, 1.165) is 55.9 Å². The number of hydrogen-bond acceptors (Lipinski definition) is 4. The van der Waals surface area contributed by atoms with Crippen LogP contribution in [0.1, 0.15) is 88.8 Å². The maximum Gasteiger partial charge on any atom is 4.00 e. The second kappa shape index (κ2) is 16.6. The van der Waals surface area contributed by atoms with Gasteiger partial charge >= 0.3 is 21.1 Å². The summed E-state index contributed by atoms with van der Waals surface area (Å²) in [5, 5.41) is 2.24. The fourth-order valence-corrected chi connectivity index (χ4v) is 8.31. The van der Waals surface area contributed by atoms with Crippen molar-refractivity contribution in [2.75, 3.05) is 9.80 Å². The standard InChI is InChI=1S/C55H53N4O.CH3.Pt/c1-36-28-50-51(29-37(36)2)58(35-57(50)42-22-20-39(21-23-42)55(9,10)38-16-12-11-13-17-38)43-30-41(54(6,7)8)31-45(33-43)60-44-24-25-47-46-18-14-15-19-48(46)59(49(47)34-44)52-32-40(26-27-56-52)53(3,4)5;;/h11-32,35H,1-10H3;1H3;/q-3;-1;+4. The van der Waals surface area contributed by atoms with Crippen molar-refractivity contribution in [1.29, 1.82) is 0 Å². The summed E-state index contributed by atoms with van der Waals surface area (Å²) in [5.41, 5.74) is 13.3. The fraction of sp³-hybridized carbons (Fsp3) is 0.232. The molecule has 1 aliphatic rings. The summed E-state index contributed by atoms with van der Waals surface area (Å²) < 4.78 is 9.02. The number of nitrogens with zero attached hydrogens (tertiary/aromatic N) is 4. The van der Waals surface area contributed by atoms with Gasteiger partial charge in [0, 0.05) is 45.7 Å². The minimum Gasteiger partial charge on any atom is -0.509 e. The van der Waals surface area contributed by atoms with Gasteiger partial charge in [0.1, 0.15) is 5.82 Å². The molecule has 0 N–H and O–H groups in total. The van der Waals surface area contributed by atoms with Crippen molar-refractivity contribution in [1.82, 2.24) is 9.55 Å². The number of rotatable bonds is 7. The van der Waals surface area contributed by atoms with Gasteiger partial charge < -0.3 is 26.5 Å². The van der Waals surface area contributed by atoms with Gasteiger partial charge in [-0.15, -0.1) is 53.6 Å². The third-order valence-corrected chi connectivity index (χ3v) is 12.3. The maximum absolute atomic E-state index is 6.81. The number of hydrogen-bond donors (Lipinski definition) is 0. The normalized spacial score (nSPS) is 12.9. The zero-order valence-corrected chi connectivity index (χ0v) is 40.1. The summed E-state index contributed by atoms with van der Waals surface area (Å²) in [6.07, 6.45) is 1.91. The molecule has 0 aliphatic carbocycles. The first kappa shape index (κ1) is 44.4. The molecule has 6 heteroatoms. The Balaban J connectivity index is 0.00000289. The summed E-state index contributed by atoms with van der Waals surface area (Å²) in [6, 6.07) is 53.0. The average molecular weight is 996 g/mol. The van der Waals surface area contributed by atoms with Gasteiger partial charge in [-0.1, -0.05) is 122 Å². The molecule has 5 nitrogen and oxygen atoms in total. The Kier molecular flexibility index (Phi) is 11.9. The third kappa shape index (κ3) is 8.08. The second-order valence-corrected chi connectivity index (χ2v) is 18.9. The number of pyridine rings is 1. The van der Waals surface area contributed by atoms with Crippen LogP contribution < -0.4 is 14.5 Å². The van der Waals surface area contributed by atoms with Crippen molar-refractivity contribution in [2.24, 2.45) is 0 Å². The third-order valence-electron chi connectivity index (χ3n) is 12.3. The van der Waals surface area contributed by atoms with E-state index in [4.69, 9.17) is 9.72 Å². The van der Waals surface area contributed by atoms with Gasteiger partial charge in [-0.05, 0) is 100 Å². The molecule has 8 aromatic rings. The van der Waals surface area contributed by atoms with Crippen LogP contribution in [0.5, 0.6) is 11.5 Å². The molecule has 2 aromatic heterocycles. The molecule has 0 unspecified atom stereocenters. The number of aryl methyl sites for hydroxylation is 2. The Labute approximate surface area is 383 Å². The van der Waals surface area contributed by atoms with Crippen molar-refractivity contribution in [3.8, 4) is 17.3 Å². The molecular weight excluding hydrogens is 940 g/mol. The Hall–Kier alpha value is -5.64. The second-order valence-electron chi connectivity index (χ2n) is 18.9. The molecule has 9 rings (SSSR count). The van der Waals surface area contributed by atoms with E-state index in [0.29, 0.717) is 11.5 Å². The number of ether oxygens (including phenoxy) is 1. The van der Waals surface area contributed by atoms with Crippen LogP contribution in [-0.4, -0.2) is 9.55 Å². The van der Waals surface area contributed by atoms with Gasteiger partial charge in [0.2, 0.25) is 0 Å². The molecule has 316 valence electrons. The predicted molar refractivity (Wildman–Crippen MR) is 256 cm³/mol. The van der Waals surface area contributed by atoms with Crippen LogP contribution in [0.2, 0.25) is 0 Å². The predicted octanol–water partition coefficient (Wildman–Crippen LogP) is 15.0. The fourth-order valence-electron chi connectivity index (χ4n) is 8.31. The molecule has 1 aliphatic heterocycles. The van der Waals surface area contributed by atoms with E-state index in [1.54, 1.807) is 0 Å². The van der Waals surface area contributed by atoms with E-state index < -0.39 is 0 Å². The Bertz CT molecular complexity index is 2900. The van der Waals surface area contributed by atoms with Crippen LogP contribution in [0.15, 0.2) is 134 Å². The molecule has 62 heavy (non-hydrogen) atoms. The molecule has 0 saturated heterocycles. The number of para-hydroxylation sites is 1. The summed E-state index contributed by atoms with van der Waals surface area (Å²) in [7, 11) is 0. The van der Waals surface area contributed by atoms with Crippen molar-refractivity contribution in [2.45, 2.75) is 85.5 Å². The largest absolute Gasteiger partial charge is 4.00 e. The zero-order valence-electron chi connectivity index (χ0n) is 37.8. The minimum absolute atomic E-state index is 0. The Morgan fingerprint density at radius 2 is 1.19 bits per heavy atom. The van der Waals surface area contributed by atoms with Crippen LogP contribution in [0.25, 0.3) is 27.6 Å². The van der Waals surface area contributed by atoms with E-state index in [1.165, 1.54) is 27.8 Å².